The van der Waals surface area contributed by atoms with Gasteiger partial charge in [-0.15, -0.1) is 0 Å². The molecule has 0 amide bonds. The van der Waals surface area contributed by atoms with Crippen molar-refractivity contribution in [1.82, 2.24) is 0 Å². The van der Waals surface area contributed by atoms with Crippen molar-refractivity contribution < 1.29 is 4.74 Å². The third kappa shape index (κ3) is 1.75. The minimum Gasteiger partial charge on any atom is -0.397 e. The Hall–Kier alpha value is -1.22. The molecule has 70 valence electrons. The lowest BCUT2D eigenvalue weighted by atomic mass is 10.1. The van der Waals surface area contributed by atoms with E-state index in [2.05, 4.69) is 18.3 Å². The quantitative estimate of drug-likeness (QED) is 0.673. The average molecular weight is 178 g/mol. The number of rotatable bonds is 2. The highest BCUT2D eigenvalue weighted by molar-refractivity contribution is 5.67. The monoisotopic (exact) mass is 178 g/mol. The summed E-state index contributed by atoms with van der Waals surface area (Å²) >= 11 is 0. The number of nitrogens with two attached hydrogens (primary N) is 1. The molecule has 1 aliphatic rings. The molecule has 1 aliphatic heterocycles. The standard InChI is InChI=1S/C10H14N2O/c1-7-2-3-9(11)10(4-7)12-8-5-13-6-8/h2-4,8,12H,5-6,11H2,1H3. The summed E-state index contributed by atoms with van der Waals surface area (Å²) in [6.07, 6.45) is 0. The lowest BCUT2D eigenvalue weighted by molar-refractivity contribution is 0.0211. The number of ether oxygens (including phenoxy) is 1. The van der Waals surface area contributed by atoms with Gasteiger partial charge in [0.25, 0.3) is 0 Å². The summed E-state index contributed by atoms with van der Waals surface area (Å²) in [5, 5.41) is 3.34. The van der Waals surface area contributed by atoms with E-state index in [4.69, 9.17) is 10.5 Å². The summed E-state index contributed by atoms with van der Waals surface area (Å²) in [5.41, 5.74) is 8.86. The summed E-state index contributed by atoms with van der Waals surface area (Å²) in [4.78, 5) is 0. The van der Waals surface area contributed by atoms with E-state index in [1.165, 1.54) is 5.56 Å². The Kier molecular flexibility index (Phi) is 2.10. The van der Waals surface area contributed by atoms with Crippen LogP contribution in [0.5, 0.6) is 0 Å². The highest BCUT2D eigenvalue weighted by Crippen LogP contribution is 2.21. The van der Waals surface area contributed by atoms with Gasteiger partial charge in [0, 0.05) is 0 Å². The van der Waals surface area contributed by atoms with E-state index in [0.717, 1.165) is 24.6 Å². The summed E-state index contributed by atoms with van der Waals surface area (Å²) in [7, 11) is 0. The molecule has 0 saturated carbocycles. The summed E-state index contributed by atoms with van der Waals surface area (Å²) in [6, 6.07) is 6.44. The van der Waals surface area contributed by atoms with Crippen molar-refractivity contribution in [2.45, 2.75) is 13.0 Å². The molecule has 3 N–H and O–H groups in total. The molecule has 0 bridgehead atoms. The van der Waals surface area contributed by atoms with Gasteiger partial charge in [0.1, 0.15) is 0 Å². The van der Waals surface area contributed by atoms with Crippen LogP contribution >= 0.6 is 0 Å². The van der Waals surface area contributed by atoms with Crippen molar-refractivity contribution in [1.29, 1.82) is 0 Å². The average Bonchev–Trinajstić information content (AvgIpc) is 2.03. The minimum absolute atomic E-state index is 0.434. The van der Waals surface area contributed by atoms with Gasteiger partial charge < -0.3 is 15.8 Å². The molecule has 1 aromatic rings. The number of hydrogen-bond acceptors (Lipinski definition) is 3. The van der Waals surface area contributed by atoms with Crippen LogP contribution in [0.4, 0.5) is 11.4 Å². The van der Waals surface area contributed by atoms with Crippen LogP contribution in [-0.4, -0.2) is 19.3 Å². The zero-order valence-corrected chi connectivity index (χ0v) is 7.71. The number of nitrogen functional groups attached to an aromatic ring is 1. The smallest absolute Gasteiger partial charge is 0.0729 e. The predicted octanol–water partition coefficient (Wildman–Crippen LogP) is 1.39. The third-order valence-corrected chi connectivity index (χ3v) is 2.21. The second-order valence-electron chi connectivity index (χ2n) is 3.47. The van der Waals surface area contributed by atoms with E-state index in [9.17, 15) is 0 Å². The lowest BCUT2D eigenvalue weighted by Crippen LogP contribution is -2.40. The van der Waals surface area contributed by atoms with Crippen LogP contribution in [0.15, 0.2) is 18.2 Å². The molecule has 3 heteroatoms. The first-order chi connectivity index (χ1) is 6.25. The highest BCUT2D eigenvalue weighted by atomic mass is 16.5. The first-order valence-electron chi connectivity index (χ1n) is 4.46. The number of anilines is 2. The second-order valence-corrected chi connectivity index (χ2v) is 3.47. The number of hydrogen-bond donors (Lipinski definition) is 2. The fourth-order valence-electron chi connectivity index (χ4n) is 1.33. The Morgan fingerprint density at radius 2 is 2.23 bits per heavy atom. The Labute approximate surface area is 77.9 Å². The van der Waals surface area contributed by atoms with Crippen LogP contribution in [0.2, 0.25) is 0 Å². The van der Waals surface area contributed by atoms with Gasteiger partial charge in [-0.2, -0.15) is 0 Å². The molecule has 0 spiro atoms. The maximum absolute atomic E-state index is 5.81. The van der Waals surface area contributed by atoms with Crippen LogP contribution in [0.1, 0.15) is 5.56 Å². The minimum atomic E-state index is 0.434. The zero-order valence-electron chi connectivity index (χ0n) is 7.71. The molecule has 1 aromatic carbocycles. The van der Waals surface area contributed by atoms with E-state index in [1.807, 2.05) is 12.1 Å². The van der Waals surface area contributed by atoms with E-state index >= 15 is 0 Å². The van der Waals surface area contributed by atoms with Crippen LogP contribution in [-0.2, 0) is 4.74 Å². The highest BCUT2D eigenvalue weighted by Gasteiger charge is 2.18. The molecular weight excluding hydrogens is 164 g/mol. The van der Waals surface area contributed by atoms with Crippen LogP contribution in [0, 0.1) is 6.92 Å². The van der Waals surface area contributed by atoms with Crippen molar-refractivity contribution in [3.8, 4) is 0 Å². The van der Waals surface area contributed by atoms with Crippen molar-refractivity contribution in [2.75, 3.05) is 24.3 Å². The third-order valence-electron chi connectivity index (χ3n) is 2.21. The lowest BCUT2D eigenvalue weighted by Gasteiger charge is -2.28. The zero-order chi connectivity index (χ0) is 9.26. The Morgan fingerprint density at radius 3 is 2.85 bits per heavy atom. The van der Waals surface area contributed by atoms with Crippen LogP contribution in [0.3, 0.4) is 0 Å². The van der Waals surface area contributed by atoms with Crippen molar-refractivity contribution >= 4 is 11.4 Å². The summed E-state index contributed by atoms with van der Waals surface area (Å²) in [6.45, 7) is 3.63. The van der Waals surface area contributed by atoms with Gasteiger partial charge in [-0.25, -0.2) is 0 Å². The van der Waals surface area contributed by atoms with Gasteiger partial charge in [0.05, 0.1) is 30.6 Å². The summed E-state index contributed by atoms with van der Waals surface area (Å²) < 4.78 is 5.07. The molecule has 1 saturated heterocycles. The predicted molar refractivity (Wildman–Crippen MR) is 53.8 cm³/mol. The molecule has 0 atom stereocenters. The molecule has 1 heterocycles. The van der Waals surface area contributed by atoms with Crippen molar-refractivity contribution in [3.63, 3.8) is 0 Å². The maximum atomic E-state index is 5.81. The van der Waals surface area contributed by atoms with E-state index in [1.54, 1.807) is 0 Å². The fraction of sp³-hybridized carbons (Fsp3) is 0.400. The normalized spacial score (nSPS) is 16.7. The largest absolute Gasteiger partial charge is 0.397 e. The van der Waals surface area contributed by atoms with Gasteiger partial charge in [-0.3, -0.25) is 0 Å². The fourth-order valence-corrected chi connectivity index (χ4v) is 1.33. The van der Waals surface area contributed by atoms with Crippen molar-refractivity contribution in [3.05, 3.63) is 23.8 Å². The van der Waals surface area contributed by atoms with Gasteiger partial charge in [0.2, 0.25) is 0 Å². The SMILES string of the molecule is Cc1ccc(N)c(NC2COC2)c1. The van der Waals surface area contributed by atoms with Gasteiger partial charge >= 0.3 is 0 Å². The molecular formula is C10H14N2O. The molecule has 2 rings (SSSR count). The van der Waals surface area contributed by atoms with Crippen LogP contribution in [0.25, 0.3) is 0 Å². The Morgan fingerprint density at radius 1 is 1.46 bits per heavy atom. The van der Waals surface area contributed by atoms with E-state index in [-0.39, 0.29) is 0 Å². The molecule has 3 nitrogen and oxygen atoms in total. The molecule has 0 aliphatic carbocycles. The molecule has 0 aromatic heterocycles. The topological polar surface area (TPSA) is 47.3 Å². The second kappa shape index (κ2) is 3.26. The molecule has 0 unspecified atom stereocenters. The van der Waals surface area contributed by atoms with Gasteiger partial charge in [-0.05, 0) is 24.6 Å². The molecule has 1 fully saturated rings. The number of benzene rings is 1. The van der Waals surface area contributed by atoms with E-state index in [0.29, 0.717) is 6.04 Å². The molecule has 13 heavy (non-hydrogen) atoms. The number of aryl methyl sites for hydroxylation is 1. The summed E-state index contributed by atoms with van der Waals surface area (Å²) in [5.74, 6) is 0. The van der Waals surface area contributed by atoms with Gasteiger partial charge in [0.15, 0.2) is 0 Å². The van der Waals surface area contributed by atoms with Gasteiger partial charge in [-0.1, -0.05) is 6.07 Å². The van der Waals surface area contributed by atoms with Crippen molar-refractivity contribution in [2.24, 2.45) is 0 Å². The Bertz CT molecular complexity index is 308. The van der Waals surface area contributed by atoms with E-state index < -0.39 is 0 Å². The maximum Gasteiger partial charge on any atom is 0.0729 e. The van der Waals surface area contributed by atoms with Crippen LogP contribution < -0.4 is 11.1 Å². The Balaban J connectivity index is 2.13. The number of nitrogens with one attached hydrogen (secondary N) is 1. The molecule has 0 radical (unpaired) electrons. The first-order valence-corrected chi connectivity index (χ1v) is 4.46. The first kappa shape index (κ1) is 8.38.